The summed E-state index contributed by atoms with van der Waals surface area (Å²) in [5.41, 5.74) is 8.08. The number of aromatic nitrogens is 2. The predicted octanol–water partition coefficient (Wildman–Crippen LogP) is 3.02. The molecule has 0 aliphatic heterocycles. The molecule has 17 heavy (non-hydrogen) atoms. The lowest BCUT2D eigenvalue weighted by Gasteiger charge is -2.08. The van der Waals surface area contributed by atoms with Gasteiger partial charge in [0.1, 0.15) is 12.1 Å². The quantitative estimate of drug-likeness (QED) is 0.820. The lowest BCUT2D eigenvalue weighted by Crippen LogP contribution is -1.98. The van der Waals surface area contributed by atoms with Crippen molar-refractivity contribution >= 4 is 28.8 Å². The number of anilines is 3. The Bertz CT molecular complexity index is 528. The number of nitrogens with zero attached hydrogens (tertiary/aromatic N) is 2. The summed E-state index contributed by atoms with van der Waals surface area (Å²) in [6.45, 7) is 2.04. The standard InChI is InChI=1S/C12H13ClN4/c1-2-9-6-12(16-7-15-9)17-11-5-8(14)3-4-10(11)13/h3-7H,2,14H2,1H3,(H,15,16,17). The molecule has 0 radical (unpaired) electrons. The Kier molecular flexibility index (Phi) is 3.44. The van der Waals surface area contributed by atoms with Gasteiger partial charge in [-0.1, -0.05) is 18.5 Å². The molecule has 1 heterocycles. The van der Waals surface area contributed by atoms with E-state index in [1.807, 2.05) is 13.0 Å². The average Bonchev–Trinajstić information content (AvgIpc) is 2.34. The van der Waals surface area contributed by atoms with E-state index in [1.54, 1.807) is 18.2 Å². The second-order valence-corrected chi connectivity index (χ2v) is 4.02. The Morgan fingerprint density at radius 3 is 2.88 bits per heavy atom. The number of nitrogens with one attached hydrogen (secondary N) is 1. The minimum absolute atomic E-state index is 0.607. The molecule has 2 aromatic rings. The summed E-state index contributed by atoms with van der Waals surface area (Å²) < 4.78 is 0. The number of hydrogen-bond acceptors (Lipinski definition) is 4. The molecule has 0 saturated carbocycles. The lowest BCUT2D eigenvalue weighted by molar-refractivity contribution is 1.00. The Hall–Kier alpha value is -1.81. The van der Waals surface area contributed by atoms with Crippen LogP contribution in [0.4, 0.5) is 17.2 Å². The largest absolute Gasteiger partial charge is 0.399 e. The van der Waals surface area contributed by atoms with Crippen LogP contribution in [0.25, 0.3) is 0 Å². The molecule has 0 amide bonds. The molecule has 3 N–H and O–H groups in total. The van der Waals surface area contributed by atoms with Gasteiger partial charge in [-0.15, -0.1) is 0 Å². The van der Waals surface area contributed by atoms with Crippen molar-refractivity contribution in [3.63, 3.8) is 0 Å². The molecule has 0 saturated heterocycles. The summed E-state index contributed by atoms with van der Waals surface area (Å²) >= 11 is 6.06. The molecule has 0 aliphatic rings. The van der Waals surface area contributed by atoms with Gasteiger partial charge in [-0.05, 0) is 24.6 Å². The number of rotatable bonds is 3. The fraction of sp³-hybridized carbons (Fsp3) is 0.167. The number of hydrogen-bond donors (Lipinski definition) is 2. The molecule has 4 nitrogen and oxygen atoms in total. The highest BCUT2D eigenvalue weighted by atomic mass is 35.5. The van der Waals surface area contributed by atoms with Crippen LogP contribution in [0.15, 0.2) is 30.6 Å². The van der Waals surface area contributed by atoms with Crippen LogP contribution in [-0.4, -0.2) is 9.97 Å². The minimum atomic E-state index is 0.607. The zero-order chi connectivity index (χ0) is 12.3. The van der Waals surface area contributed by atoms with Crippen LogP contribution in [0.5, 0.6) is 0 Å². The van der Waals surface area contributed by atoms with Gasteiger partial charge in [-0.25, -0.2) is 9.97 Å². The number of nitrogen functional groups attached to an aromatic ring is 1. The van der Waals surface area contributed by atoms with Gasteiger partial charge in [0.05, 0.1) is 10.7 Å². The summed E-state index contributed by atoms with van der Waals surface area (Å²) in [4.78, 5) is 8.26. The molecule has 5 heteroatoms. The Labute approximate surface area is 105 Å². The first-order valence-corrected chi connectivity index (χ1v) is 5.70. The van der Waals surface area contributed by atoms with Crippen molar-refractivity contribution < 1.29 is 0 Å². The van der Waals surface area contributed by atoms with Gasteiger partial charge in [0.25, 0.3) is 0 Å². The van der Waals surface area contributed by atoms with Gasteiger partial charge in [0.2, 0.25) is 0 Å². The second-order valence-electron chi connectivity index (χ2n) is 3.61. The second kappa shape index (κ2) is 5.01. The summed E-state index contributed by atoms with van der Waals surface area (Å²) in [7, 11) is 0. The smallest absolute Gasteiger partial charge is 0.134 e. The van der Waals surface area contributed by atoms with Crippen LogP contribution in [0, 0.1) is 0 Å². The van der Waals surface area contributed by atoms with E-state index in [1.165, 1.54) is 6.33 Å². The van der Waals surface area contributed by atoms with E-state index in [9.17, 15) is 0 Å². The maximum Gasteiger partial charge on any atom is 0.134 e. The van der Waals surface area contributed by atoms with E-state index >= 15 is 0 Å². The van der Waals surface area contributed by atoms with Crippen molar-refractivity contribution in [1.29, 1.82) is 0 Å². The molecule has 0 atom stereocenters. The van der Waals surface area contributed by atoms with E-state index in [0.29, 0.717) is 16.5 Å². The molecule has 2 rings (SSSR count). The minimum Gasteiger partial charge on any atom is -0.399 e. The molecule has 0 unspecified atom stereocenters. The van der Waals surface area contributed by atoms with Crippen molar-refractivity contribution in [2.45, 2.75) is 13.3 Å². The van der Waals surface area contributed by atoms with Gasteiger partial charge in [-0.3, -0.25) is 0 Å². The first-order chi connectivity index (χ1) is 8.19. The Morgan fingerprint density at radius 1 is 1.29 bits per heavy atom. The molecule has 0 bridgehead atoms. The number of benzene rings is 1. The maximum atomic E-state index is 6.06. The predicted molar refractivity (Wildman–Crippen MR) is 70.6 cm³/mol. The third kappa shape index (κ3) is 2.85. The topological polar surface area (TPSA) is 63.8 Å². The van der Waals surface area contributed by atoms with Gasteiger partial charge >= 0.3 is 0 Å². The van der Waals surface area contributed by atoms with Crippen molar-refractivity contribution in [3.8, 4) is 0 Å². The molecular formula is C12H13ClN4. The van der Waals surface area contributed by atoms with Gasteiger partial charge in [0.15, 0.2) is 0 Å². The monoisotopic (exact) mass is 248 g/mol. The summed E-state index contributed by atoms with van der Waals surface area (Å²) in [6.07, 6.45) is 2.39. The van der Waals surface area contributed by atoms with E-state index in [-0.39, 0.29) is 0 Å². The van der Waals surface area contributed by atoms with Crippen molar-refractivity contribution in [3.05, 3.63) is 41.3 Å². The molecule has 0 fully saturated rings. The normalized spacial score (nSPS) is 10.2. The zero-order valence-electron chi connectivity index (χ0n) is 9.44. The van der Waals surface area contributed by atoms with Crippen molar-refractivity contribution in [1.82, 2.24) is 9.97 Å². The van der Waals surface area contributed by atoms with Crippen LogP contribution in [0.2, 0.25) is 5.02 Å². The SMILES string of the molecule is CCc1cc(Nc2cc(N)ccc2Cl)ncn1. The highest BCUT2D eigenvalue weighted by Gasteiger charge is 2.03. The molecular weight excluding hydrogens is 236 g/mol. The van der Waals surface area contributed by atoms with Gasteiger partial charge < -0.3 is 11.1 Å². The Balaban J connectivity index is 2.27. The summed E-state index contributed by atoms with van der Waals surface area (Å²) in [6, 6.07) is 7.17. The molecule has 0 spiro atoms. The van der Waals surface area contributed by atoms with Crippen molar-refractivity contribution in [2.24, 2.45) is 0 Å². The van der Waals surface area contributed by atoms with E-state index in [2.05, 4.69) is 15.3 Å². The van der Waals surface area contributed by atoms with Crippen molar-refractivity contribution in [2.75, 3.05) is 11.1 Å². The highest BCUT2D eigenvalue weighted by molar-refractivity contribution is 6.33. The van der Waals surface area contributed by atoms with Gasteiger partial charge in [-0.2, -0.15) is 0 Å². The number of halogens is 1. The molecule has 0 aliphatic carbocycles. The van der Waals surface area contributed by atoms with E-state index < -0.39 is 0 Å². The fourth-order valence-corrected chi connectivity index (χ4v) is 1.60. The third-order valence-electron chi connectivity index (χ3n) is 2.34. The Morgan fingerprint density at radius 2 is 2.12 bits per heavy atom. The maximum absolute atomic E-state index is 6.06. The van der Waals surface area contributed by atoms with Crippen LogP contribution in [0.1, 0.15) is 12.6 Å². The first kappa shape index (κ1) is 11.7. The van der Waals surface area contributed by atoms with Crippen LogP contribution in [-0.2, 0) is 6.42 Å². The van der Waals surface area contributed by atoms with Crippen LogP contribution < -0.4 is 11.1 Å². The first-order valence-electron chi connectivity index (χ1n) is 5.32. The zero-order valence-corrected chi connectivity index (χ0v) is 10.2. The lowest BCUT2D eigenvalue weighted by atomic mass is 10.2. The number of nitrogens with two attached hydrogens (primary N) is 1. The van der Waals surface area contributed by atoms with Crippen LogP contribution >= 0.6 is 11.6 Å². The number of aryl methyl sites for hydroxylation is 1. The highest BCUT2D eigenvalue weighted by Crippen LogP contribution is 2.26. The van der Waals surface area contributed by atoms with E-state index in [4.69, 9.17) is 17.3 Å². The average molecular weight is 249 g/mol. The molecule has 88 valence electrons. The van der Waals surface area contributed by atoms with E-state index in [0.717, 1.165) is 17.8 Å². The molecule has 1 aromatic heterocycles. The van der Waals surface area contributed by atoms with Crippen LogP contribution in [0.3, 0.4) is 0 Å². The summed E-state index contributed by atoms with van der Waals surface area (Å²) in [5, 5.41) is 3.73. The molecule has 1 aromatic carbocycles. The third-order valence-corrected chi connectivity index (χ3v) is 2.67. The fourth-order valence-electron chi connectivity index (χ4n) is 1.44. The summed E-state index contributed by atoms with van der Waals surface area (Å²) in [5.74, 6) is 0.712. The van der Waals surface area contributed by atoms with Gasteiger partial charge in [0, 0.05) is 17.4 Å².